The number of hydrogen-bond donors (Lipinski definition) is 0. The summed E-state index contributed by atoms with van der Waals surface area (Å²) in [6, 6.07) is 36.4. The maximum absolute atomic E-state index is 2.30. The molecule has 5 aromatic rings. The maximum atomic E-state index is 2.30. The summed E-state index contributed by atoms with van der Waals surface area (Å²) in [5.41, 5.74) is 5.97. The number of para-hydroxylation sites is 3. The first-order chi connectivity index (χ1) is 13.3. The number of benzene rings is 4. The van der Waals surface area contributed by atoms with E-state index in [0.717, 1.165) is 17.1 Å². The summed E-state index contributed by atoms with van der Waals surface area (Å²) < 4.78 is 2.28. The van der Waals surface area contributed by atoms with E-state index in [1.165, 1.54) is 21.8 Å². The lowest BCUT2D eigenvalue weighted by Gasteiger charge is -2.25. The highest BCUT2D eigenvalue weighted by molar-refractivity contribution is 6.09. The number of fused-ring (bicyclic) bond motifs is 3. The molecule has 0 unspecified atom stereocenters. The fourth-order valence-corrected chi connectivity index (χ4v) is 3.89. The van der Waals surface area contributed by atoms with Gasteiger partial charge < -0.3 is 9.47 Å². The van der Waals surface area contributed by atoms with E-state index < -0.39 is 0 Å². The molecule has 27 heavy (non-hydrogen) atoms. The van der Waals surface area contributed by atoms with Crippen LogP contribution < -0.4 is 4.90 Å². The van der Waals surface area contributed by atoms with Crippen LogP contribution in [0.25, 0.3) is 21.8 Å². The zero-order chi connectivity index (χ0) is 18.2. The van der Waals surface area contributed by atoms with E-state index in [2.05, 4.69) is 120 Å². The monoisotopic (exact) mass is 348 g/mol. The molecule has 0 aliphatic rings. The molecule has 4 aromatic carbocycles. The Balaban J connectivity index is 1.76. The second kappa shape index (κ2) is 6.33. The van der Waals surface area contributed by atoms with Crippen LogP contribution in [0.1, 0.15) is 0 Å². The van der Waals surface area contributed by atoms with E-state index in [9.17, 15) is 0 Å². The Labute approximate surface area is 158 Å². The van der Waals surface area contributed by atoms with Crippen molar-refractivity contribution >= 4 is 38.9 Å². The van der Waals surface area contributed by atoms with Gasteiger partial charge in [0.05, 0.1) is 5.52 Å². The molecule has 0 saturated carbocycles. The summed E-state index contributed by atoms with van der Waals surface area (Å²) in [5, 5.41) is 2.59. The normalized spacial score (nSPS) is 11.1. The molecular formula is C25H20N2. The first-order valence-electron chi connectivity index (χ1n) is 9.20. The number of aryl methyl sites for hydroxylation is 1. The van der Waals surface area contributed by atoms with Crippen molar-refractivity contribution in [3.63, 3.8) is 0 Å². The lowest BCUT2D eigenvalue weighted by atomic mass is 10.1. The van der Waals surface area contributed by atoms with Crippen molar-refractivity contribution in [1.82, 2.24) is 4.57 Å². The molecule has 0 atom stereocenters. The van der Waals surface area contributed by atoms with Crippen molar-refractivity contribution in [3.8, 4) is 0 Å². The van der Waals surface area contributed by atoms with Crippen LogP contribution in [0.2, 0.25) is 0 Å². The molecule has 1 aromatic heterocycles. The molecule has 5 rings (SSSR count). The second-order valence-corrected chi connectivity index (χ2v) is 6.78. The molecule has 2 heteroatoms. The van der Waals surface area contributed by atoms with E-state index in [1.54, 1.807) is 0 Å². The van der Waals surface area contributed by atoms with Crippen LogP contribution in [0.4, 0.5) is 17.1 Å². The Hall–Kier alpha value is -3.52. The summed E-state index contributed by atoms with van der Waals surface area (Å²) >= 11 is 0. The van der Waals surface area contributed by atoms with Gasteiger partial charge in [-0.25, -0.2) is 0 Å². The smallest absolute Gasteiger partial charge is 0.0509 e. The third-order valence-electron chi connectivity index (χ3n) is 5.19. The van der Waals surface area contributed by atoms with E-state index in [4.69, 9.17) is 0 Å². The van der Waals surface area contributed by atoms with Crippen LogP contribution in [0.3, 0.4) is 0 Å². The van der Waals surface area contributed by atoms with Gasteiger partial charge in [0.25, 0.3) is 0 Å². The fourth-order valence-electron chi connectivity index (χ4n) is 3.89. The van der Waals surface area contributed by atoms with Gasteiger partial charge >= 0.3 is 0 Å². The van der Waals surface area contributed by atoms with Crippen LogP contribution in [0.15, 0.2) is 103 Å². The van der Waals surface area contributed by atoms with Gasteiger partial charge in [0, 0.05) is 40.4 Å². The van der Waals surface area contributed by atoms with Crippen molar-refractivity contribution in [2.45, 2.75) is 0 Å². The minimum atomic E-state index is 1.15. The number of nitrogens with zero attached hydrogens (tertiary/aromatic N) is 2. The van der Waals surface area contributed by atoms with Crippen molar-refractivity contribution in [2.24, 2.45) is 7.05 Å². The number of anilines is 3. The Kier molecular flexibility index (Phi) is 3.68. The highest BCUT2D eigenvalue weighted by atomic mass is 15.1. The van der Waals surface area contributed by atoms with Crippen molar-refractivity contribution in [1.29, 1.82) is 0 Å². The van der Waals surface area contributed by atoms with Gasteiger partial charge in [-0.05, 0) is 42.5 Å². The Morgan fingerprint density at radius 2 is 1.07 bits per heavy atom. The fraction of sp³-hybridized carbons (Fsp3) is 0.0400. The van der Waals surface area contributed by atoms with Gasteiger partial charge in [-0.3, -0.25) is 0 Å². The molecule has 0 radical (unpaired) electrons. The maximum Gasteiger partial charge on any atom is 0.0509 e. The minimum absolute atomic E-state index is 1.15. The standard InChI is InChI=1S/C25H20N2/c1-26-24-15-9-8-14-22(24)23-17-16-21(18-25(23)26)27(19-10-4-2-5-11-19)20-12-6-3-7-13-20/h2-18H,1H3. The first kappa shape index (κ1) is 15.7. The summed E-state index contributed by atoms with van der Waals surface area (Å²) in [6.07, 6.45) is 0. The summed E-state index contributed by atoms with van der Waals surface area (Å²) in [7, 11) is 2.14. The molecule has 0 amide bonds. The van der Waals surface area contributed by atoms with Crippen LogP contribution in [0, 0.1) is 0 Å². The van der Waals surface area contributed by atoms with Gasteiger partial charge in [-0.15, -0.1) is 0 Å². The molecule has 0 saturated heterocycles. The number of aromatic nitrogens is 1. The summed E-state index contributed by atoms with van der Waals surface area (Å²) in [6.45, 7) is 0. The molecule has 0 spiro atoms. The summed E-state index contributed by atoms with van der Waals surface area (Å²) in [4.78, 5) is 2.30. The third kappa shape index (κ3) is 2.58. The Morgan fingerprint density at radius 3 is 1.74 bits per heavy atom. The lowest BCUT2D eigenvalue weighted by Crippen LogP contribution is -2.09. The SMILES string of the molecule is Cn1c2ccccc2c2ccc(N(c3ccccc3)c3ccccc3)cc21. The molecule has 0 fully saturated rings. The van der Waals surface area contributed by atoms with E-state index in [-0.39, 0.29) is 0 Å². The van der Waals surface area contributed by atoms with Gasteiger partial charge in [0.15, 0.2) is 0 Å². The molecule has 0 aliphatic carbocycles. The predicted octanol–water partition coefficient (Wildman–Crippen LogP) is 6.80. The van der Waals surface area contributed by atoms with Crippen molar-refractivity contribution < 1.29 is 0 Å². The molecule has 0 aliphatic heterocycles. The van der Waals surface area contributed by atoms with Crippen LogP contribution >= 0.6 is 0 Å². The molecular weight excluding hydrogens is 328 g/mol. The van der Waals surface area contributed by atoms with Crippen LogP contribution in [-0.4, -0.2) is 4.57 Å². The third-order valence-corrected chi connectivity index (χ3v) is 5.19. The zero-order valence-corrected chi connectivity index (χ0v) is 15.2. The van der Waals surface area contributed by atoms with Gasteiger partial charge in [-0.2, -0.15) is 0 Å². The van der Waals surface area contributed by atoms with Crippen LogP contribution in [-0.2, 0) is 7.05 Å². The van der Waals surface area contributed by atoms with E-state index in [0.29, 0.717) is 0 Å². The summed E-state index contributed by atoms with van der Waals surface area (Å²) in [5.74, 6) is 0. The number of rotatable bonds is 3. The number of hydrogen-bond acceptors (Lipinski definition) is 1. The first-order valence-corrected chi connectivity index (χ1v) is 9.20. The van der Waals surface area contributed by atoms with Crippen LogP contribution in [0.5, 0.6) is 0 Å². The van der Waals surface area contributed by atoms with E-state index in [1.807, 2.05) is 0 Å². The van der Waals surface area contributed by atoms with E-state index >= 15 is 0 Å². The van der Waals surface area contributed by atoms with Gasteiger partial charge in [-0.1, -0.05) is 60.7 Å². The molecule has 1 heterocycles. The average molecular weight is 348 g/mol. The Bertz CT molecular complexity index is 1180. The molecule has 130 valence electrons. The largest absolute Gasteiger partial charge is 0.344 e. The molecule has 2 nitrogen and oxygen atoms in total. The lowest BCUT2D eigenvalue weighted by molar-refractivity contribution is 1.01. The topological polar surface area (TPSA) is 8.17 Å². The van der Waals surface area contributed by atoms with Gasteiger partial charge in [0.1, 0.15) is 0 Å². The highest BCUT2D eigenvalue weighted by Gasteiger charge is 2.14. The minimum Gasteiger partial charge on any atom is -0.344 e. The predicted molar refractivity (Wildman–Crippen MR) is 115 cm³/mol. The van der Waals surface area contributed by atoms with Crippen molar-refractivity contribution in [2.75, 3.05) is 4.90 Å². The molecule has 0 N–H and O–H groups in total. The van der Waals surface area contributed by atoms with Gasteiger partial charge in [0.2, 0.25) is 0 Å². The second-order valence-electron chi connectivity index (χ2n) is 6.78. The van der Waals surface area contributed by atoms with Crippen molar-refractivity contribution in [3.05, 3.63) is 103 Å². The average Bonchev–Trinajstić information content (AvgIpc) is 3.02. The quantitative estimate of drug-likeness (QED) is 0.348. The highest BCUT2D eigenvalue weighted by Crippen LogP contribution is 2.37. The molecule has 0 bridgehead atoms. The Morgan fingerprint density at radius 1 is 0.519 bits per heavy atom. The zero-order valence-electron chi connectivity index (χ0n) is 15.2.